The van der Waals surface area contributed by atoms with Crippen LogP contribution in [0.1, 0.15) is 53.4 Å². The molecule has 0 spiro atoms. The fourth-order valence-electron chi connectivity index (χ4n) is 3.45. The first-order valence-corrected chi connectivity index (χ1v) is 9.33. The topological polar surface area (TPSA) is 114 Å². The highest BCUT2D eigenvalue weighted by Gasteiger charge is 2.31. The Morgan fingerprint density at radius 1 is 1.38 bits per heavy atom. The molecule has 0 saturated heterocycles. The molecule has 2 atom stereocenters. The van der Waals surface area contributed by atoms with E-state index < -0.39 is 12.0 Å². The highest BCUT2D eigenvalue weighted by atomic mass is 16.5. The third-order valence-corrected chi connectivity index (χ3v) is 5.10. The molecule has 0 bridgehead atoms. The smallest absolute Gasteiger partial charge is 0.346 e. The Labute approximate surface area is 168 Å². The second-order valence-corrected chi connectivity index (χ2v) is 7.05. The van der Waals surface area contributed by atoms with Gasteiger partial charge in [-0.05, 0) is 42.1 Å². The van der Waals surface area contributed by atoms with Crippen molar-refractivity contribution in [3.63, 3.8) is 0 Å². The molecule has 8 heteroatoms. The number of azide groups is 1. The summed E-state index contributed by atoms with van der Waals surface area (Å²) < 4.78 is 16.9. The molecule has 8 nitrogen and oxygen atoms in total. The van der Waals surface area contributed by atoms with Gasteiger partial charge in [0.15, 0.2) is 11.5 Å². The number of phenols is 1. The summed E-state index contributed by atoms with van der Waals surface area (Å²) in [6.45, 7) is 5.72. The van der Waals surface area contributed by atoms with Gasteiger partial charge in [0.1, 0.15) is 23.7 Å². The largest absolute Gasteiger partial charge is 0.504 e. The second-order valence-electron chi connectivity index (χ2n) is 7.05. The standard InChI is InChI=1S/C21H23N3O5/c1-5-12(3)18(23-24-22)14-6-7-16-17(20(14)27-4)21(26)28-10-13-8-11(2)9-15(25)19(13)29-16/h6-9,12,18,25H,5,10H2,1-4H3. The summed E-state index contributed by atoms with van der Waals surface area (Å²) >= 11 is 0. The van der Waals surface area contributed by atoms with Crippen molar-refractivity contribution in [1.82, 2.24) is 0 Å². The molecule has 0 radical (unpaired) electrons. The number of methoxy groups -OCH3 is 1. The van der Waals surface area contributed by atoms with Gasteiger partial charge in [-0.2, -0.15) is 0 Å². The van der Waals surface area contributed by atoms with E-state index in [2.05, 4.69) is 10.0 Å². The number of esters is 1. The predicted molar refractivity (Wildman–Crippen MR) is 106 cm³/mol. The lowest BCUT2D eigenvalue weighted by atomic mass is 9.91. The van der Waals surface area contributed by atoms with Crippen LogP contribution in [0, 0.1) is 12.8 Å². The van der Waals surface area contributed by atoms with Gasteiger partial charge in [0.2, 0.25) is 0 Å². The van der Waals surface area contributed by atoms with Crippen molar-refractivity contribution >= 4 is 5.97 Å². The molecule has 0 saturated carbocycles. The van der Waals surface area contributed by atoms with E-state index in [0.29, 0.717) is 11.1 Å². The molecule has 2 unspecified atom stereocenters. The lowest BCUT2D eigenvalue weighted by Crippen LogP contribution is -2.15. The summed E-state index contributed by atoms with van der Waals surface area (Å²) in [4.78, 5) is 15.8. The van der Waals surface area contributed by atoms with Crippen molar-refractivity contribution in [2.24, 2.45) is 11.0 Å². The molecule has 0 amide bonds. The average molecular weight is 397 g/mol. The first kappa shape index (κ1) is 20.4. The number of fused-ring (bicyclic) bond motifs is 2. The van der Waals surface area contributed by atoms with Crippen molar-refractivity contribution in [1.29, 1.82) is 0 Å². The monoisotopic (exact) mass is 397 g/mol. The first-order chi connectivity index (χ1) is 13.9. The molecule has 0 fully saturated rings. The molecule has 0 aliphatic carbocycles. The molecule has 2 aromatic rings. The normalized spacial score (nSPS) is 14.7. The van der Waals surface area contributed by atoms with E-state index in [9.17, 15) is 9.90 Å². The van der Waals surface area contributed by atoms with E-state index in [-0.39, 0.29) is 41.1 Å². The van der Waals surface area contributed by atoms with Gasteiger partial charge in [-0.1, -0.05) is 31.4 Å². The Morgan fingerprint density at radius 2 is 2.14 bits per heavy atom. The molecule has 1 aliphatic rings. The molecule has 152 valence electrons. The van der Waals surface area contributed by atoms with Crippen LogP contribution in [0.2, 0.25) is 0 Å². The molecular formula is C21H23N3O5. The van der Waals surface area contributed by atoms with E-state index in [1.807, 2.05) is 20.8 Å². The summed E-state index contributed by atoms with van der Waals surface area (Å²) in [6.07, 6.45) is 0.769. The Kier molecular flexibility index (Phi) is 5.84. The van der Waals surface area contributed by atoms with Gasteiger partial charge in [-0.15, -0.1) is 0 Å². The van der Waals surface area contributed by atoms with Gasteiger partial charge in [0, 0.05) is 16.0 Å². The van der Waals surface area contributed by atoms with Crippen LogP contribution in [0.4, 0.5) is 0 Å². The van der Waals surface area contributed by atoms with Gasteiger partial charge in [0.25, 0.3) is 0 Å². The van der Waals surface area contributed by atoms with Crippen molar-refractivity contribution in [3.8, 4) is 23.0 Å². The van der Waals surface area contributed by atoms with Crippen LogP contribution in [-0.4, -0.2) is 18.2 Å². The Balaban J connectivity index is 2.20. The molecule has 1 heterocycles. The zero-order valence-corrected chi connectivity index (χ0v) is 16.8. The third kappa shape index (κ3) is 3.79. The number of ether oxygens (including phenoxy) is 3. The number of carbonyl (C=O) groups is 1. The van der Waals surface area contributed by atoms with Crippen LogP contribution in [0.25, 0.3) is 10.4 Å². The number of nitrogens with zero attached hydrogens (tertiary/aromatic N) is 3. The lowest BCUT2D eigenvalue weighted by molar-refractivity contribution is 0.0454. The average Bonchev–Trinajstić information content (AvgIpc) is 2.70. The first-order valence-electron chi connectivity index (χ1n) is 9.33. The minimum absolute atomic E-state index is 0.0242. The van der Waals surface area contributed by atoms with E-state index in [0.717, 1.165) is 12.0 Å². The zero-order valence-electron chi connectivity index (χ0n) is 16.8. The number of rotatable bonds is 5. The molecule has 1 N–H and O–H groups in total. The maximum Gasteiger partial charge on any atom is 0.346 e. The predicted octanol–water partition coefficient (Wildman–Crippen LogP) is 5.57. The quantitative estimate of drug-likeness (QED) is 0.307. The number of hydrogen-bond donors (Lipinski definition) is 1. The summed E-state index contributed by atoms with van der Waals surface area (Å²) in [5.41, 5.74) is 11.1. The van der Waals surface area contributed by atoms with Crippen LogP contribution in [0.3, 0.4) is 0 Å². The number of benzene rings is 2. The fourth-order valence-corrected chi connectivity index (χ4v) is 3.45. The number of carbonyl (C=O) groups excluding carboxylic acids is 1. The Bertz CT molecular complexity index is 998. The Hall–Kier alpha value is -3.38. The molecule has 3 rings (SSSR count). The fraction of sp³-hybridized carbons (Fsp3) is 0.381. The summed E-state index contributed by atoms with van der Waals surface area (Å²) in [7, 11) is 1.43. The van der Waals surface area contributed by atoms with Crippen LogP contribution in [0.5, 0.6) is 23.0 Å². The van der Waals surface area contributed by atoms with Gasteiger partial charge < -0.3 is 19.3 Å². The van der Waals surface area contributed by atoms with E-state index >= 15 is 0 Å². The number of hydrogen-bond acceptors (Lipinski definition) is 6. The minimum atomic E-state index is -0.616. The zero-order chi connectivity index (χ0) is 21.1. The van der Waals surface area contributed by atoms with Crippen LogP contribution >= 0.6 is 0 Å². The van der Waals surface area contributed by atoms with Crippen LogP contribution in [-0.2, 0) is 11.3 Å². The van der Waals surface area contributed by atoms with Crippen molar-refractivity contribution in [2.75, 3.05) is 7.11 Å². The van der Waals surface area contributed by atoms with Gasteiger partial charge >= 0.3 is 5.97 Å². The number of cyclic esters (lactones) is 1. The van der Waals surface area contributed by atoms with Gasteiger partial charge in [-0.25, -0.2) is 4.79 Å². The molecule has 0 aromatic heterocycles. The molecule has 2 aromatic carbocycles. The van der Waals surface area contributed by atoms with Crippen LogP contribution in [0.15, 0.2) is 29.4 Å². The number of aromatic hydroxyl groups is 1. The third-order valence-electron chi connectivity index (χ3n) is 5.10. The SMILES string of the molecule is CCC(C)C(N=[N+]=[N-])c1ccc2c(c1OC)C(=O)OCc1cc(C)cc(O)c1O2. The molecule has 1 aliphatic heterocycles. The second kappa shape index (κ2) is 8.32. The highest BCUT2D eigenvalue weighted by Crippen LogP contribution is 2.45. The summed E-state index contributed by atoms with van der Waals surface area (Å²) in [5.74, 6) is 0.0243. The van der Waals surface area contributed by atoms with Gasteiger partial charge in [0.05, 0.1) is 13.2 Å². The van der Waals surface area contributed by atoms with Crippen LogP contribution < -0.4 is 9.47 Å². The molecular weight excluding hydrogens is 374 g/mol. The number of aryl methyl sites for hydroxylation is 1. The number of phenolic OH excluding ortho intramolecular Hbond substituents is 1. The van der Waals surface area contributed by atoms with Gasteiger partial charge in [-0.3, -0.25) is 0 Å². The maximum atomic E-state index is 12.8. The van der Waals surface area contributed by atoms with E-state index in [1.165, 1.54) is 7.11 Å². The summed E-state index contributed by atoms with van der Waals surface area (Å²) in [6, 6.07) is 6.16. The van der Waals surface area contributed by atoms with E-state index in [1.54, 1.807) is 24.3 Å². The minimum Gasteiger partial charge on any atom is -0.504 e. The molecule has 29 heavy (non-hydrogen) atoms. The maximum absolute atomic E-state index is 12.8. The van der Waals surface area contributed by atoms with Crippen molar-refractivity contribution in [3.05, 3.63) is 57.0 Å². The van der Waals surface area contributed by atoms with Crippen molar-refractivity contribution in [2.45, 2.75) is 39.8 Å². The Morgan fingerprint density at radius 3 is 2.79 bits per heavy atom. The highest BCUT2D eigenvalue weighted by molar-refractivity contribution is 5.96. The van der Waals surface area contributed by atoms with E-state index in [4.69, 9.17) is 19.7 Å². The van der Waals surface area contributed by atoms with Crippen molar-refractivity contribution < 1.29 is 24.1 Å². The lowest BCUT2D eigenvalue weighted by Gasteiger charge is -2.25. The summed E-state index contributed by atoms with van der Waals surface area (Å²) in [5, 5.41) is 14.3.